The Kier molecular flexibility index (Phi) is 12.8. The Morgan fingerprint density at radius 2 is 1.23 bits per heavy atom. The first-order valence-corrected chi connectivity index (χ1v) is 12.8. The number of aliphatic hydroxyl groups excluding tert-OH is 1. The van der Waals surface area contributed by atoms with E-state index in [1.54, 1.807) is 0 Å². The van der Waals surface area contributed by atoms with Crippen LogP contribution in [0.3, 0.4) is 0 Å². The molecule has 1 saturated carbocycles. The molecule has 178 valence electrons. The lowest BCUT2D eigenvalue weighted by Gasteiger charge is -2.46. The van der Waals surface area contributed by atoms with E-state index in [0.717, 1.165) is 25.2 Å². The molecule has 1 aliphatic carbocycles. The van der Waals surface area contributed by atoms with Crippen LogP contribution in [-0.4, -0.2) is 11.2 Å². The van der Waals surface area contributed by atoms with Crippen LogP contribution in [0.5, 0.6) is 0 Å². The fourth-order valence-corrected chi connectivity index (χ4v) is 5.11. The molecular formula is C30H52O. The molecule has 1 heteroatoms. The van der Waals surface area contributed by atoms with Gasteiger partial charge < -0.3 is 5.11 Å². The van der Waals surface area contributed by atoms with E-state index in [1.807, 2.05) is 0 Å². The highest BCUT2D eigenvalue weighted by Crippen LogP contribution is 2.46. The third-order valence-corrected chi connectivity index (χ3v) is 7.52. The van der Waals surface area contributed by atoms with Gasteiger partial charge in [-0.3, -0.25) is 0 Å². The lowest BCUT2D eigenvalue weighted by atomic mass is 9.61. The molecule has 1 aliphatic rings. The Bertz CT molecular complexity index is 639. The fraction of sp³-hybridized carbons (Fsp3) is 0.733. The highest BCUT2D eigenvalue weighted by Gasteiger charge is 2.42. The van der Waals surface area contributed by atoms with Crippen molar-refractivity contribution >= 4 is 0 Å². The van der Waals surface area contributed by atoms with E-state index < -0.39 is 0 Å². The normalized spacial score (nSPS) is 24.9. The number of rotatable bonds is 12. The molecule has 0 aliphatic heterocycles. The van der Waals surface area contributed by atoms with Gasteiger partial charge in [0.25, 0.3) is 0 Å². The van der Waals surface area contributed by atoms with E-state index in [1.165, 1.54) is 67.2 Å². The number of aliphatic hydroxyl groups is 1. The first-order chi connectivity index (χ1) is 14.5. The molecule has 0 spiro atoms. The predicted octanol–water partition coefficient (Wildman–Crippen LogP) is 9.35. The molecule has 0 heterocycles. The Morgan fingerprint density at radius 1 is 0.742 bits per heavy atom. The highest BCUT2D eigenvalue weighted by molar-refractivity contribution is 5.07. The molecule has 0 saturated heterocycles. The molecule has 0 amide bonds. The molecule has 1 fully saturated rings. The van der Waals surface area contributed by atoms with Crippen molar-refractivity contribution < 1.29 is 5.11 Å². The zero-order chi connectivity index (χ0) is 23.4. The van der Waals surface area contributed by atoms with E-state index in [0.29, 0.717) is 5.92 Å². The van der Waals surface area contributed by atoms with Gasteiger partial charge in [0.05, 0.1) is 6.10 Å². The minimum Gasteiger partial charge on any atom is -0.393 e. The summed E-state index contributed by atoms with van der Waals surface area (Å²) in [5, 5.41) is 10.4. The second-order valence-electron chi connectivity index (χ2n) is 11.1. The first-order valence-electron chi connectivity index (χ1n) is 12.8. The van der Waals surface area contributed by atoms with E-state index in [9.17, 15) is 5.11 Å². The van der Waals surface area contributed by atoms with Gasteiger partial charge in [0.15, 0.2) is 0 Å². The minimum atomic E-state index is -0.137. The van der Waals surface area contributed by atoms with Gasteiger partial charge in [-0.15, -0.1) is 0 Å². The second kappa shape index (κ2) is 14.1. The number of unbranched alkanes of at least 4 members (excludes halogenated alkanes) is 1. The van der Waals surface area contributed by atoms with Crippen LogP contribution in [0.15, 0.2) is 46.6 Å². The molecule has 1 N–H and O–H groups in total. The predicted molar refractivity (Wildman–Crippen MR) is 139 cm³/mol. The SMILES string of the molecule is CC(C)=CCCC(C)=CCCC(C)=CCCC=C(C)CCC1C(C)CCC(O)C1(C)C. The summed E-state index contributed by atoms with van der Waals surface area (Å²) >= 11 is 0. The smallest absolute Gasteiger partial charge is 0.0594 e. The van der Waals surface area contributed by atoms with Gasteiger partial charge in [-0.2, -0.15) is 0 Å². The van der Waals surface area contributed by atoms with Gasteiger partial charge in [-0.05, 0) is 116 Å². The van der Waals surface area contributed by atoms with Crippen LogP contribution in [0.1, 0.15) is 120 Å². The van der Waals surface area contributed by atoms with Crippen LogP contribution in [0.2, 0.25) is 0 Å². The summed E-state index contributed by atoms with van der Waals surface area (Å²) in [6, 6.07) is 0. The maximum absolute atomic E-state index is 10.4. The van der Waals surface area contributed by atoms with Gasteiger partial charge in [0.1, 0.15) is 0 Å². The average Bonchev–Trinajstić information content (AvgIpc) is 2.68. The molecule has 1 nitrogen and oxygen atoms in total. The van der Waals surface area contributed by atoms with Gasteiger partial charge in [0, 0.05) is 0 Å². The fourth-order valence-electron chi connectivity index (χ4n) is 5.11. The van der Waals surface area contributed by atoms with Crippen LogP contribution in [0.25, 0.3) is 0 Å². The molecule has 1 rings (SSSR count). The first kappa shape index (κ1) is 28.0. The van der Waals surface area contributed by atoms with Crippen molar-refractivity contribution in [3.8, 4) is 0 Å². The van der Waals surface area contributed by atoms with E-state index in [4.69, 9.17) is 0 Å². The third kappa shape index (κ3) is 10.9. The van der Waals surface area contributed by atoms with E-state index in [-0.39, 0.29) is 11.5 Å². The molecule has 0 aromatic rings. The number of hydrogen-bond donors (Lipinski definition) is 1. The van der Waals surface area contributed by atoms with Crippen molar-refractivity contribution in [2.45, 2.75) is 126 Å². The molecule has 0 radical (unpaired) electrons. The molecule has 3 unspecified atom stereocenters. The molecule has 3 atom stereocenters. The molecule has 0 aromatic carbocycles. The highest BCUT2D eigenvalue weighted by atomic mass is 16.3. The Balaban J connectivity index is 2.33. The van der Waals surface area contributed by atoms with Gasteiger partial charge >= 0.3 is 0 Å². The second-order valence-corrected chi connectivity index (χ2v) is 11.1. The van der Waals surface area contributed by atoms with Crippen LogP contribution < -0.4 is 0 Å². The lowest BCUT2D eigenvalue weighted by Crippen LogP contribution is -2.44. The standard InChI is InChI=1S/C30H52O/c1-23(2)13-11-16-25(4)18-12-17-24(3)14-9-10-15-26(5)19-21-28-27(6)20-22-29(31)30(28,7)8/h13-15,18,27-29,31H,9-12,16-17,19-22H2,1-8H3. The van der Waals surface area contributed by atoms with Gasteiger partial charge in [-0.25, -0.2) is 0 Å². The summed E-state index contributed by atoms with van der Waals surface area (Å²) < 4.78 is 0. The van der Waals surface area contributed by atoms with Crippen molar-refractivity contribution in [1.82, 2.24) is 0 Å². The summed E-state index contributed by atoms with van der Waals surface area (Å²) in [5.41, 5.74) is 6.03. The topological polar surface area (TPSA) is 20.2 Å². The van der Waals surface area contributed by atoms with Crippen LogP contribution in [0.4, 0.5) is 0 Å². The Labute approximate surface area is 194 Å². The zero-order valence-corrected chi connectivity index (χ0v) is 22.1. The van der Waals surface area contributed by atoms with E-state index in [2.05, 4.69) is 79.7 Å². The lowest BCUT2D eigenvalue weighted by molar-refractivity contribution is -0.0561. The van der Waals surface area contributed by atoms with Crippen LogP contribution in [0, 0.1) is 17.3 Å². The quantitative estimate of drug-likeness (QED) is 0.242. The van der Waals surface area contributed by atoms with Crippen LogP contribution in [-0.2, 0) is 0 Å². The van der Waals surface area contributed by atoms with Crippen molar-refractivity contribution in [3.05, 3.63) is 46.6 Å². The molecule has 0 aromatic heterocycles. The number of allylic oxidation sites excluding steroid dienone is 8. The molecular weight excluding hydrogens is 376 g/mol. The van der Waals surface area contributed by atoms with Crippen molar-refractivity contribution in [3.63, 3.8) is 0 Å². The maximum Gasteiger partial charge on any atom is 0.0594 e. The summed E-state index contributed by atoms with van der Waals surface area (Å²) in [6.07, 6.45) is 21.0. The summed E-state index contributed by atoms with van der Waals surface area (Å²) in [4.78, 5) is 0. The minimum absolute atomic E-state index is 0.0518. The van der Waals surface area contributed by atoms with Gasteiger partial charge in [-0.1, -0.05) is 67.4 Å². The van der Waals surface area contributed by atoms with Gasteiger partial charge in [0.2, 0.25) is 0 Å². The van der Waals surface area contributed by atoms with E-state index >= 15 is 0 Å². The summed E-state index contributed by atoms with van der Waals surface area (Å²) in [5.74, 6) is 1.35. The largest absolute Gasteiger partial charge is 0.393 e. The van der Waals surface area contributed by atoms with Crippen LogP contribution >= 0.6 is 0 Å². The number of hydrogen-bond acceptors (Lipinski definition) is 1. The Morgan fingerprint density at radius 3 is 1.77 bits per heavy atom. The molecule has 31 heavy (non-hydrogen) atoms. The maximum atomic E-state index is 10.4. The Hall–Kier alpha value is -1.08. The summed E-state index contributed by atoms with van der Waals surface area (Å²) in [7, 11) is 0. The average molecular weight is 429 g/mol. The summed E-state index contributed by atoms with van der Waals surface area (Å²) in [6.45, 7) is 18.1. The third-order valence-electron chi connectivity index (χ3n) is 7.52. The van der Waals surface area contributed by atoms with Crippen molar-refractivity contribution in [1.29, 1.82) is 0 Å². The van der Waals surface area contributed by atoms with Crippen molar-refractivity contribution in [2.75, 3.05) is 0 Å². The molecule has 0 bridgehead atoms. The zero-order valence-electron chi connectivity index (χ0n) is 22.1. The van der Waals surface area contributed by atoms with Crippen molar-refractivity contribution in [2.24, 2.45) is 17.3 Å². The monoisotopic (exact) mass is 428 g/mol.